The van der Waals surface area contributed by atoms with Crippen molar-refractivity contribution >= 4 is 40.4 Å². The van der Waals surface area contributed by atoms with Gasteiger partial charge in [0.1, 0.15) is 11.4 Å². The zero-order valence-electron chi connectivity index (χ0n) is 11.3. The lowest BCUT2D eigenvalue weighted by Crippen LogP contribution is -2.14. The zero-order valence-corrected chi connectivity index (χ0v) is 12.8. The summed E-state index contributed by atoms with van der Waals surface area (Å²) in [7, 11) is 0. The molecule has 112 valence electrons. The fourth-order valence-corrected chi connectivity index (χ4v) is 2.41. The number of anilines is 1. The van der Waals surface area contributed by atoms with Gasteiger partial charge in [-0.3, -0.25) is 4.79 Å². The Bertz CT molecular complexity index is 861. The van der Waals surface area contributed by atoms with Gasteiger partial charge in [0.2, 0.25) is 5.91 Å². The minimum absolute atomic E-state index is 0.0421. The maximum atomic E-state index is 12.0. The number of benzene rings is 1. The average Bonchev–Trinajstić information content (AvgIpc) is 2.84. The number of aromatic hydroxyl groups is 1. The Hall–Kier alpha value is -2.24. The largest absolute Gasteiger partial charge is 0.506 e. The van der Waals surface area contributed by atoms with Gasteiger partial charge < -0.3 is 14.8 Å². The van der Waals surface area contributed by atoms with Gasteiger partial charge in [-0.15, -0.1) is 0 Å². The van der Waals surface area contributed by atoms with Crippen molar-refractivity contribution < 1.29 is 9.90 Å². The van der Waals surface area contributed by atoms with Crippen molar-refractivity contribution in [3.63, 3.8) is 0 Å². The predicted octanol–water partition coefficient (Wildman–Crippen LogP) is 3.53. The molecule has 0 aliphatic rings. The Kier molecular flexibility index (Phi) is 3.92. The molecule has 3 aromatic rings. The highest BCUT2D eigenvalue weighted by Crippen LogP contribution is 2.26. The summed E-state index contributed by atoms with van der Waals surface area (Å²) in [5.74, 6) is -0.341. The van der Waals surface area contributed by atoms with E-state index in [4.69, 9.17) is 23.2 Å². The van der Waals surface area contributed by atoms with Gasteiger partial charge in [-0.2, -0.15) is 0 Å². The van der Waals surface area contributed by atoms with Crippen LogP contribution in [0.5, 0.6) is 5.75 Å². The smallest absolute Gasteiger partial charge is 0.230 e. The van der Waals surface area contributed by atoms with E-state index < -0.39 is 0 Å². The van der Waals surface area contributed by atoms with Crippen molar-refractivity contribution in [3.8, 4) is 5.75 Å². The Balaban J connectivity index is 1.76. The minimum Gasteiger partial charge on any atom is -0.506 e. The first-order valence-electron chi connectivity index (χ1n) is 6.43. The second-order valence-corrected chi connectivity index (χ2v) is 5.60. The van der Waals surface area contributed by atoms with Crippen LogP contribution in [0.1, 0.15) is 5.69 Å². The number of phenolic OH excluding ortho intramolecular Hbond substituents is 1. The molecular weight excluding hydrogens is 325 g/mol. The molecule has 1 amide bonds. The topological polar surface area (TPSA) is 66.6 Å². The van der Waals surface area contributed by atoms with Crippen LogP contribution in [-0.2, 0) is 11.2 Å². The number of hydrogen-bond donors (Lipinski definition) is 2. The lowest BCUT2D eigenvalue weighted by molar-refractivity contribution is -0.115. The van der Waals surface area contributed by atoms with E-state index in [0.29, 0.717) is 21.4 Å². The maximum Gasteiger partial charge on any atom is 0.230 e. The van der Waals surface area contributed by atoms with Gasteiger partial charge in [-0.25, -0.2) is 4.98 Å². The molecule has 0 unspecified atom stereocenters. The standard InChI is InChI=1S/C15H11Cl2N3O2/c16-9-1-3-13(21)12(5-9)19-15(22)6-11-8-20-7-10(17)2-4-14(20)18-11/h1-5,7-8,21H,6H2,(H,19,22). The number of carbonyl (C=O) groups excluding carboxylic acids is 1. The van der Waals surface area contributed by atoms with Crippen LogP contribution in [0.25, 0.3) is 5.65 Å². The molecule has 0 saturated heterocycles. The van der Waals surface area contributed by atoms with E-state index >= 15 is 0 Å². The summed E-state index contributed by atoms with van der Waals surface area (Å²) in [5, 5.41) is 13.3. The second kappa shape index (κ2) is 5.87. The summed E-state index contributed by atoms with van der Waals surface area (Å²) in [6, 6.07) is 7.95. The van der Waals surface area contributed by atoms with Crippen molar-refractivity contribution in [3.05, 3.63) is 58.5 Å². The van der Waals surface area contributed by atoms with Gasteiger partial charge in [-0.05, 0) is 30.3 Å². The Morgan fingerprint density at radius 1 is 1.18 bits per heavy atom. The molecule has 2 N–H and O–H groups in total. The number of phenols is 1. The maximum absolute atomic E-state index is 12.0. The third kappa shape index (κ3) is 3.16. The molecule has 0 radical (unpaired) electrons. The van der Waals surface area contributed by atoms with Crippen molar-refractivity contribution in [2.75, 3.05) is 5.32 Å². The van der Waals surface area contributed by atoms with Crippen molar-refractivity contribution in [1.29, 1.82) is 0 Å². The Morgan fingerprint density at radius 2 is 1.95 bits per heavy atom. The van der Waals surface area contributed by atoms with Crippen LogP contribution in [0, 0.1) is 0 Å². The number of imidazole rings is 1. The van der Waals surface area contributed by atoms with Crippen molar-refractivity contribution in [1.82, 2.24) is 9.38 Å². The molecular formula is C15H11Cl2N3O2. The van der Waals surface area contributed by atoms with Gasteiger partial charge in [0.25, 0.3) is 0 Å². The molecule has 0 saturated carbocycles. The van der Waals surface area contributed by atoms with E-state index in [-0.39, 0.29) is 23.8 Å². The van der Waals surface area contributed by atoms with Gasteiger partial charge in [-0.1, -0.05) is 23.2 Å². The number of nitrogens with zero attached hydrogens (tertiary/aromatic N) is 2. The Labute approximate surface area is 136 Å². The first-order chi connectivity index (χ1) is 10.5. The molecule has 5 nitrogen and oxygen atoms in total. The van der Waals surface area contributed by atoms with E-state index in [2.05, 4.69) is 10.3 Å². The summed E-state index contributed by atoms with van der Waals surface area (Å²) < 4.78 is 1.75. The summed E-state index contributed by atoms with van der Waals surface area (Å²) in [4.78, 5) is 16.4. The number of aromatic nitrogens is 2. The first-order valence-corrected chi connectivity index (χ1v) is 7.18. The van der Waals surface area contributed by atoms with Crippen LogP contribution in [-0.4, -0.2) is 20.4 Å². The molecule has 0 fully saturated rings. The van der Waals surface area contributed by atoms with E-state index in [1.807, 2.05) is 0 Å². The predicted molar refractivity (Wildman–Crippen MR) is 85.7 cm³/mol. The quantitative estimate of drug-likeness (QED) is 0.719. The molecule has 7 heteroatoms. The molecule has 22 heavy (non-hydrogen) atoms. The van der Waals surface area contributed by atoms with Crippen molar-refractivity contribution in [2.45, 2.75) is 6.42 Å². The summed E-state index contributed by atoms with van der Waals surface area (Å²) in [5.41, 5.74) is 1.57. The van der Waals surface area contributed by atoms with Gasteiger partial charge in [0, 0.05) is 17.4 Å². The lowest BCUT2D eigenvalue weighted by atomic mass is 10.2. The van der Waals surface area contributed by atoms with Crippen LogP contribution in [0.4, 0.5) is 5.69 Å². The molecule has 0 bridgehead atoms. The number of fused-ring (bicyclic) bond motifs is 1. The number of hydrogen-bond acceptors (Lipinski definition) is 3. The van der Waals surface area contributed by atoms with Crippen LogP contribution >= 0.6 is 23.2 Å². The summed E-state index contributed by atoms with van der Waals surface area (Å²) in [6.07, 6.45) is 3.53. The fourth-order valence-electron chi connectivity index (χ4n) is 2.07. The van der Waals surface area contributed by atoms with Gasteiger partial charge in [0.05, 0.1) is 22.8 Å². The average molecular weight is 336 g/mol. The SMILES string of the molecule is O=C(Cc1cn2cc(Cl)ccc2n1)Nc1cc(Cl)ccc1O. The highest BCUT2D eigenvalue weighted by Gasteiger charge is 2.10. The molecule has 0 spiro atoms. The molecule has 3 rings (SSSR count). The normalized spacial score (nSPS) is 10.8. The molecule has 0 aliphatic heterocycles. The third-order valence-electron chi connectivity index (χ3n) is 3.04. The first kappa shape index (κ1) is 14.7. The van der Waals surface area contributed by atoms with Crippen LogP contribution < -0.4 is 5.32 Å². The number of halogens is 2. The van der Waals surface area contributed by atoms with E-state index in [9.17, 15) is 9.90 Å². The van der Waals surface area contributed by atoms with Crippen LogP contribution in [0.3, 0.4) is 0 Å². The number of carbonyl (C=O) groups is 1. The minimum atomic E-state index is -0.299. The number of rotatable bonds is 3. The molecule has 2 heterocycles. The highest BCUT2D eigenvalue weighted by molar-refractivity contribution is 6.31. The van der Waals surface area contributed by atoms with E-state index in [1.54, 1.807) is 35.0 Å². The number of amides is 1. The summed E-state index contributed by atoms with van der Waals surface area (Å²) >= 11 is 11.7. The second-order valence-electron chi connectivity index (χ2n) is 4.73. The third-order valence-corrected chi connectivity index (χ3v) is 3.50. The van der Waals surface area contributed by atoms with Crippen LogP contribution in [0.2, 0.25) is 10.0 Å². The number of nitrogens with one attached hydrogen (secondary N) is 1. The van der Waals surface area contributed by atoms with E-state index in [1.165, 1.54) is 12.1 Å². The molecule has 0 aliphatic carbocycles. The molecule has 1 aromatic carbocycles. The summed E-state index contributed by atoms with van der Waals surface area (Å²) in [6.45, 7) is 0. The lowest BCUT2D eigenvalue weighted by Gasteiger charge is -2.06. The number of pyridine rings is 1. The van der Waals surface area contributed by atoms with Gasteiger partial charge in [0.15, 0.2) is 0 Å². The van der Waals surface area contributed by atoms with E-state index in [0.717, 1.165) is 0 Å². The fraction of sp³-hybridized carbons (Fsp3) is 0.0667. The highest BCUT2D eigenvalue weighted by atomic mass is 35.5. The van der Waals surface area contributed by atoms with Crippen LogP contribution in [0.15, 0.2) is 42.7 Å². The zero-order chi connectivity index (χ0) is 15.7. The molecule has 0 atom stereocenters. The monoisotopic (exact) mass is 335 g/mol. The van der Waals surface area contributed by atoms with Crippen molar-refractivity contribution in [2.24, 2.45) is 0 Å². The molecule has 2 aromatic heterocycles. The Morgan fingerprint density at radius 3 is 2.77 bits per heavy atom. The van der Waals surface area contributed by atoms with Gasteiger partial charge >= 0.3 is 0 Å².